The number of likely N-dealkylation sites (tertiary alicyclic amines) is 1. The number of rotatable bonds is 11. The molecule has 2 amide bonds. The summed E-state index contributed by atoms with van der Waals surface area (Å²) in [4.78, 5) is 49.5. The lowest BCUT2D eigenvalue weighted by molar-refractivity contribution is -0.145. The van der Waals surface area contributed by atoms with E-state index in [0.717, 1.165) is 99.0 Å². The van der Waals surface area contributed by atoms with Gasteiger partial charge in [0, 0.05) is 62.3 Å². The van der Waals surface area contributed by atoms with Crippen molar-refractivity contribution >= 4 is 29.1 Å². The number of piperidine rings is 1. The van der Waals surface area contributed by atoms with Gasteiger partial charge in [-0.15, -0.1) is 11.3 Å². The van der Waals surface area contributed by atoms with Crippen LogP contribution in [0.1, 0.15) is 41.8 Å². The molecule has 1 aromatic carbocycles. The molecule has 2 aromatic heterocycles. The predicted molar refractivity (Wildman–Crippen MR) is 172 cm³/mol. The van der Waals surface area contributed by atoms with Gasteiger partial charge in [-0.25, -0.2) is 4.98 Å². The number of aromatic nitrogens is 3. The summed E-state index contributed by atoms with van der Waals surface area (Å²) in [6, 6.07) is 7.80. The summed E-state index contributed by atoms with van der Waals surface area (Å²) in [6.07, 6.45) is 7.41. The summed E-state index contributed by atoms with van der Waals surface area (Å²) in [7, 11) is 2.13. The second-order valence-corrected chi connectivity index (χ2v) is 13.8. The number of aliphatic carboxylic acids is 1. The average Bonchev–Trinajstić information content (AvgIpc) is 3.79. The molecular formula is C33H43N7O4S. The van der Waals surface area contributed by atoms with Gasteiger partial charge in [-0.1, -0.05) is 24.3 Å². The van der Waals surface area contributed by atoms with Crippen molar-refractivity contribution in [3.8, 4) is 11.3 Å². The molecule has 0 spiro atoms. The smallest absolute Gasteiger partial charge is 0.304 e. The maximum atomic E-state index is 13.3. The van der Waals surface area contributed by atoms with Crippen LogP contribution in [0.4, 0.5) is 0 Å². The highest BCUT2D eigenvalue weighted by molar-refractivity contribution is 7.09. The molecule has 2 aliphatic heterocycles. The number of hydrogen-bond acceptors (Lipinski definition) is 8. The zero-order valence-electron chi connectivity index (χ0n) is 26.0. The summed E-state index contributed by atoms with van der Waals surface area (Å²) >= 11 is 1.47. The molecule has 4 heterocycles. The number of amides is 2. The topological polar surface area (TPSA) is 124 Å². The summed E-state index contributed by atoms with van der Waals surface area (Å²) in [5.41, 5.74) is 2.85. The molecule has 0 radical (unpaired) electrons. The Bertz CT molecular complexity index is 1480. The van der Waals surface area contributed by atoms with Crippen LogP contribution in [0, 0.1) is 11.3 Å². The number of aryl methyl sites for hydroxylation is 1. The highest BCUT2D eigenvalue weighted by atomic mass is 32.1. The van der Waals surface area contributed by atoms with Crippen molar-refractivity contribution in [3.05, 3.63) is 58.2 Å². The first-order valence-electron chi connectivity index (χ1n) is 16.0. The van der Waals surface area contributed by atoms with E-state index < -0.39 is 11.4 Å². The minimum Gasteiger partial charge on any atom is -0.481 e. The number of carbonyl (C=O) groups is 3. The van der Waals surface area contributed by atoms with Crippen LogP contribution in [0.2, 0.25) is 0 Å². The van der Waals surface area contributed by atoms with Gasteiger partial charge >= 0.3 is 5.97 Å². The second kappa shape index (κ2) is 13.8. The van der Waals surface area contributed by atoms with Crippen LogP contribution in [-0.4, -0.2) is 105 Å². The van der Waals surface area contributed by atoms with Crippen molar-refractivity contribution in [1.82, 2.24) is 34.8 Å². The fourth-order valence-corrected chi connectivity index (χ4v) is 7.74. The van der Waals surface area contributed by atoms with E-state index >= 15 is 0 Å². The first-order chi connectivity index (χ1) is 21.8. The van der Waals surface area contributed by atoms with E-state index in [9.17, 15) is 19.5 Å². The van der Waals surface area contributed by atoms with Crippen molar-refractivity contribution in [2.75, 3.05) is 52.9 Å². The van der Waals surface area contributed by atoms with Crippen LogP contribution < -0.4 is 5.32 Å². The molecule has 2 saturated heterocycles. The normalized spacial score (nSPS) is 19.0. The number of carboxylic acids is 1. The Labute approximate surface area is 268 Å². The molecule has 2 fully saturated rings. The number of carboxylic acid groups (broad SMARTS) is 1. The number of thiazole rings is 1. The molecule has 6 rings (SSSR count). The number of nitrogens with one attached hydrogen (secondary N) is 1. The van der Waals surface area contributed by atoms with Crippen molar-refractivity contribution in [1.29, 1.82) is 0 Å². The Morgan fingerprint density at radius 3 is 2.42 bits per heavy atom. The molecular weight excluding hydrogens is 590 g/mol. The Balaban J connectivity index is 0.942. The van der Waals surface area contributed by atoms with Crippen LogP contribution >= 0.6 is 11.3 Å². The minimum absolute atomic E-state index is 0.195. The van der Waals surface area contributed by atoms with Gasteiger partial charge in [0.2, 0.25) is 11.8 Å². The Hall–Kier alpha value is -3.61. The van der Waals surface area contributed by atoms with Gasteiger partial charge in [-0.3, -0.25) is 24.0 Å². The lowest BCUT2D eigenvalue weighted by Crippen LogP contribution is -2.51. The molecule has 0 atom stereocenters. The highest BCUT2D eigenvalue weighted by Crippen LogP contribution is 2.40. The Morgan fingerprint density at radius 2 is 1.73 bits per heavy atom. The van der Waals surface area contributed by atoms with E-state index in [4.69, 9.17) is 4.98 Å². The zero-order valence-corrected chi connectivity index (χ0v) is 26.8. The molecule has 11 nitrogen and oxygen atoms in total. The molecule has 0 saturated carbocycles. The van der Waals surface area contributed by atoms with Gasteiger partial charge in [0.25, 0.3) is 0 Å². The van der Waals surface area contributed by atoms with Crippen LogP contribution in [0.25, 0.3) is 11.3 Å². The van der Waals surface area contributed by atoms with Gasteiger partial charge in [0.1, 0.15) is 5.01 Å². The van der Waals surface area contributed by atoms with E-state index in [1.807, 2.05) is 46.7 Å². The first-order valence-corrected chi connectivity index (χ1v) is 16.9. The lowest BCUT2D eigenvalue weighted by atomic mass is 9.80. The number of benzene rings is 1. The van der Waals surface area contributed by atoms with E-state index in [1.165, 1.54) is 11.3 Å². The highest BCUT2D eigenvalue weighted by Gasteiger charge is 2.45. The molecule has 45 heavy (non-hydrogen) atoms. The monoisotopic (exact) mass is 633 g/mol. The molecule has 240 valence electrons. The molecule has 0 bridgehead atoms. The van der Waals surface area contributed by atoms with Crippen molar-refractivity contribution in [2.45, 2.75) is 51.6 Å². The summed E-state index contributed by atoms with van der Waals surface area (Å²) in [5, 5.41) is 19.8. The fraction of sp³-hybridized carbons (Fsp3) is 0.545. The zero-order chi connectivity index (χ0) is 31.4. The average molecular weight is 634 g/mol. The molecule has 3 aliphatic rings. The summed E-state index contributed by atoms with van der Waals surface area (Å²) < 4.78 is 1.95. The van der Waals surface area contributed by atoms with Crippen LogP contribution in [-0.2, 0) is 40.3 Å². The largest absolute Gasteiger partial charge is 0.481 e. The van der Waals surface area contributed by atoms with Gasteiger partial charge in [-0.05, 0) is 63.4 Å². The van der Waals surface area contributed by atoms with Crippen molar-refractivity contribution < 1.29 is 19.5 Å². The summed E-state index contributed by atoms with van der Waals surface area (Å²) in [6.45, 7) is 7.54. The van der Waals surface area contributed by atoms with Crippen molar-refractivity contribution in [3.63, 3.8) is 0 Å². The second-order valence-electron chi connectivity index (χ2n) is 12.9. The number of fused-ring (bicyclic) bond motifs is 1. The first kappa shape index (κ1) is 31.4. The number of hydrogen-bond donors (Lipinski definition) is 2. The predicted octanol–water partition coefficient (Wildman–Crippen LogP) is 2.76. The number of nitrogens with zero attached hydrogens (tertiary/aromatic N) is 6. The SMILES string of the molecule is CN1CCC(C(=O)N2CCN(CCCn3cc(-c4csc(CNC(=O)C5(CC(=O)O)Cc6ccccc6C5)n4)cn3)CC2)CC1. The Kier molecular flexibility index (Phi) is 9.62. The van der Waals surface area contributed by atoms with Gasteiger partial charge < -0.3 is 20.2 Å². The van der Waals surface area contributed by atoms with Crippen molar-refractivity contribution in [2.24, 2.45) is 11.3 Å². The molecule has 1 aliphatic carbocycles. The van der Waals surface area contributed by atoms with E-state index in [-0.39, 0.29) is 24.8 Å². The van der Waals surface area contributed by atoms with Crippen LogP contribution in [0.5, 0.6) is 0 Å². The Morgan fingerprint density at radius 1 is 1.02 bits per heavy atom. The molecule has 12 heteroatoms. The molecule has 3 aromatic rings. The summed E-state index contributed by atoms with van der Waals surface area (Å²) in [5.74, 6) is -0.665. The van der Waals surface area contributed by atoms with Crippen LogP contribution in [0.15, 0.2) is 42.0 Å². The maximum absolute atomic E-state index is 13.3. The van der Waals surface area contributed by atoms with Gasteiger partial charge in [0.05, 0.1) is 30.3 Å². The minimum atomic E-state index is -0.978. The van der Waals surface area contributed by atoms with E-state index in [1.54, 1.807) is 0 Å². The van der Waals surface area contributed by atoms with Gasteiger partial charge in [0.15, 0.2) is 0 Å². The lowest BCUT2D eigenvalue weighted by Gasteiger charge is -2.38. The fourth-order valence-electron chi connectivity index (χ4n) is 7.00. The number of carbonyl (C=O) groups excluding carboxylic acids is 2. The van der Waals surface area contributed by atoms with Gasteiger partial charge in [-0.2, -0.15) is 5.10 Å². The van der Waals surface area contributed by atoms with E-state index in [2.05, 4.69) is 32.2 Å². The quantitative estimate of drug-likeness (QED) is 0.331. The molecule has 0 unspecified atom stereocenters. The van der Waals surface area contributed by atoms with Crippen LogP contribution in [0.3, 0.4) is 0 Å². The third-order valence-corrected chi connectivity index (χ3v) is 10.5. The maximum Gasteiger partial charge on any atom is 0.304 e. The third-order valence-electron chi connectivity index (χ3n) is 9.64. The number of piperazine rings is 1. The standard InChI is InChI=1S/C33H43N7O4S/c1-37-11-7-24(8-12-37)31(43)39-15-13-38(14-16-39)9-4-10-40-22-27(20-35-40)28-23-45-29(36-28)21-34-32(44)33(19-30(41)42)17-25-5-2-3-6-26(25)18-33/h2-3,5-6,20,22-24H,4,7-19,21H2,1H3,(H,34,44)(H,41,42). The van der Waals surface area contributed by atoms with E-state index in [0.29, 0.717) is 18.7 Å². The third kappa shape index (κ3) is 7.45. The molecule has 2 N–H and O–H groups in total.